The maximum absolute atomic E-state index is 12.4. The Morgan fingerprint density at radius 3 is 2.42 bits per heavy atom. The summed E-state index contributed by atoms with van der Waals surface area (Å²) in [7, 11) is -3.40. The van der Waals surface area contributed by atoms with Crippen molar-refractivity contribution in [3.05, 3.63) is 65.2 Å². The first-order chi connectivity index (χ1) is 11.5. The number of furan rings is 1. The minimum absolute atomic E-state index is 0.0687. The Hall–Kier alpha value is -2.38. The van der Waals surface area contributed by atoms with Crippen LogP contribution in [0.5, 0.6) is 0 Å². The molecule has 0 unspecified atom stereocenters. The van der Waals surface area contributed by atoms with E-state index in [1.807, 2.05) is 0 Å². The summed E-state index contributed by atoms with van der Waals surface area (Å²) in [4.78, 5) is 4.23. The molecule has 0 aliphatic rings. The van der Waals surface area contributed by atoms with Crippen LogP contribution in [0.3, 0.4) is 0 Å². The highest BCUT2D eigenvalue weighted by molar-refractivity contribution is 7.89. The predicted octanol–water partition coefficient (Wildman–Crippen LogP) is 2.85. The van der Waals surface area contributed by atoms with Crippen molar-refractivity contribution in [1.82, 2.24) is 4.98 Å². The topological polar surface area (TPSA) is 93.5 Å². The largest absolute Gasteiger partial charge is 0.459 e. The number of hydrogen-bond donors (Lipinski definition) is 1. The second-order valence-corrected chi connectivity index (χ2v) is 7.57. The van der Waals surface area contributed by atoms with E-state index in [2.05, 4.69) is 4.98 Å². The van der Waals surface area contributed by atoms with Gasteiger partial charge in [-0.1, -0.05) is 24.3 Å². The van der Waals surface area contributed by atoms with E-state index in [1.54, 1.807) is 43.3 Å². The fourth-order valence-corrected chi connectivity index (χ4v) is 3.81. The van der Waals surface area contributed by atoms with E-state index < -0.39 is 9.84 Å². The predicted molar refractivity (Wildman–Crippen MR) is 87.6 cm³/mol. The van der Waals surface area contributed by atoms with Crippen LogP contribution in [0.4, 0.5) is 0 Å². The van der Waals surface area contributed by atoms with Crippen LogP contribution in [-0.4, -0.2) is 18.5 Å². The van der Waals surface area contributed by atoms with Gasteiger partial charge in [0, 0.05) is 0 Å². The van der Waals surface area contributed by atoms with Crippen LogP contribution in [0.1, 0.15) is 22.6 Å². The van der Waals surface area contributed by atoms with Gasteiger partial charge in [0.1, 0.15) is 5.76 Å². The molecule has 0 saturated heterocycles. The third-order valence-electron chi connectivity index (χ3n) is 3.57. The number of benzene rings is 1. The van der Waals surface area contributed by atoms with E-state index in [0.29, 0.717) is 22.8 Å². The smallest absolute Gasteiger partial charge is 0.263 e. The monoisotopic (exact) mass is 347 g/mol. The number of aliphatic hydroxyl groups is 1. The zero-order valence-electron chi connectivity index (χ0n) is 13.1. The Morgan fingerprint density at radius 2 is 1.79 bits per heavy atom. The molecule has 3 rings (SSSR count). The molecular weight excluding hydrogens is 330 g/mol. The molecule has 2 heterocycles. The molecule has 1 N–H and O–H groups in total. The maximum Gasteiger partial charge on any atom is 0.263 e. The van der Waals surface area contributed by atoms with E-state index in [4.69, 9.17) is 13.9 Å². The molecule has 0 atom stereocenters. The molecule has 126 valence electrons. The number of aryl methyl sites for hydroxylation is 1. The SMILES string of the molecule is Cc1oc(-c2ccco2)nc1CS(=O)(=O)Cc1ccc(CO)cc1. The Morgan fingerprint density at radius 1 is 1.08 bits per heavy atom. The molecule has 24 heavy (non-hydrogen) atoms. The van der Waals surface area contributed by atoms with Gasteiger partial charge < -0.3 is 13.9 Å². The lowest BCUT2D eigenvalue weighted by molar-refractivity contribution is 0.282. The van der Waals surface area contributed by atoms with Gasteiger partial charge in [-0.2, -0.15) is 0 Å². The molecule has 0 radical (unpaired) electrons. The van der Waals surface area contributed by atoms with Gasteiger partial charge in [0.15, 0.2) is 15.6 Å². The summed E-state index contributed by atoms with van der Waals surface area (Å²) >= 11 is 0. The lowest BCUT2D eigenvalue weighted by Gasteiger charge is -2.04. The molecule has 2 aromatic heterocycles. The zero-order chi connectivity index (χ0) is 17.2. The summed E-state index contributed by atoms with van der Waals surface area (Å²) in [5, 5.41) is 9.02. The molecule has 0 bridgehead atoms. The lowest BCUT2D eigenvalue weighted by Crippen LogP contribution is -2.08. The van der Waals surface area contributed by atoms with Crippen LogP contribution < -0.4 is 0 Å². The van der Waals surface area contributed by atoms with Gasteiger partial charge in [-0.3, -0.25) is 0 Å². The van der Waals surface area contributed by atoms with Crippen LogP contribution in [0, 0.1) is 6.92 Å². The average molecular weight is 347 g/mol. The molecule has 1 aromatic carbocycles. The van der Waals surface area contributed by atoms with E-state index in [-0.39, 0.29) is 24.0 Å². The normalized spacial score (nSPS) is 11.8. The highest BCUT2D eigenvalue weighted by Gasteiger charge is 2.20. The molecule has 6 nitrogen and oxygen atoms in total. The number of nitrogens with zero attached hydrogens (tertiary/aromatic N) is 1. The summed E-state index contributed by atoms with van der Waals surface area (Å²) in [5.41, 5.74) is 1.79. The van der Waals surface area contributed by atoms with Crippen molar-refractivity contribution in [1.29, 1.82) is 0 Å². The minimum Gasteiger partial charge on any atom is -0.459 e. The molecule has 0 amide bonds. The summed E-state index contributed by atoms with van der Waals surface area (Å²) in [5.74, 6) is 0.892. The lowest BCUT2D eigenvalue weighted by atomic mass is 10.2. The Kier molecular flexibility index (Phi) is 4.55. The zero-order valence-corrected chi connectivity index (χ0v) is 13.9. The van der Waals surface area contributed by atoms with Crippen LogP contribution in [0.15, 0.2) is 51.5 Å². The van der Waals surface area contributed by atoms with Crippen molar-refractivity contribution in [3.63, 3.8) is 0 Å². The number of rotatable bonds is 6. The first-order valence-corrected chi connectivity index (χ1v) is 9.18. The molecule has 0 aliphatic carbocycles. The van der Waals surface area contributed by atoms with Crippen LogP contribution >= 0.6 is 0 Å². The van der Waals surface area contributed by atoms with Crippen molar-refractivity contribution in [2.45, 2.75) is 25.0 Å². The third-order valence-corrected chi connectivity index (χ3v) is 5.06. The summed E-state index contributed by atoms with van der Waals surface area (Å²) in [6.45, 7) is 1.61. The van der Waals surface area contributed by atoms with E-state index >= 15 is 0 Å². The average Bonchev–Trinajstić information content (AvgIpc) is 3.18. The molecule has 0 aliphatic heterocycles. The molecule has 0 spiro atoms. The molecule has 3 aromatic rings. The number of aromatic nitrogens is 1. The highest BCUT2D eigenvalue weighted by atomic mass is 32.2. The maximum atomic E-state index is 12.4. The van der Waals surface area contributed by atoms with Crippen molar-refractivity contribution < 1.29 is 22.4 Å². The number of oxazole rings is 1. The van der Waals surface area contributed by atoms with Crippen molar-refractivity contribution in [2.75, 3.05) is 0 Å². The Bertz CT molecular complexity index is 909. The Labute approximate surface area is 139 Å². The van der Waals surface area contributed by atoms with E-state index in [9.17, 15) is 8.42 Å². The number of sulfone groups is 1. The summed E-state index contributed by atoms with van der Waals surface area (Å²) < 4.78 is 35.5. The van der Waals surface area contributed by atoms with E-state index in [1.165, 1.54) is 6.26 Å². The quantitative estimate of drug-likeness (QED) is 0.737. The van der Waals surface area contributed by atoms with Gasteiger partial charge >= 0.3 is 0 Å². The van der Waals surface area contributed by atoms with Crippen molar-refractivity contribution in [3.8, 4) is 11.7 Å². The molecular formula is C17H17NO5S. The van der Waals surface area contributed by atoms with Gasteiger partial charge in [0.25, 0.3) is 5.89 Å². The molecule has 0 fully saturated rings. The van der Waals surface area contributed by atoms with Crippen molar-refractivity contribution in [2.24, 2.45) is 0 Å². The second kappa shape index (κ2) is 6.62. The van der Waals surface area contributed by atoms with E-state index in [0.717, 1.165) is 5.56 Å². The van der Waals surface area contributed by atoms with Gasteiger partial charge in [-0.25, -0.2) is 13.4 Å². The van der Waals surface area contributed by atoms with Crippen LogP contribution in [0.25, 0.3) is 11.7 Å². The first-order valence-electron chi connectivity index (χ1n) is 7.36. The fraction of sp³-hybridized carbons (Fsp3) is 0.235. The number of aliphatic hydroxyl groups excluding tert-OH is 1. The standard InChI is InChI=1S/C17H17NO5S/c1-12-15(18-17(23-12)16-3-2-8-22-16)11-24(20,21)10-14-6-4-13(9-19)5-7-14/h2-8,19H,9-11H2,1H3. The van der Waals surface area contributed by atoms with Gasteiger partial charge in [0.2, 0.25) is 0 Å². The van der Waals surface area contributed by atoms with Crippen molar-refractivity contribution >= 4 is 9.84 Å². The van der Waals surface area contributed by atoms with Gasteiger partial charge in [-0.05, 0) is 30.2 Å². The third kappa shape index (κ3) is 3.74. The van der Waals surface area contributed by atoms with Gasteiger partial charge in [0.05, 0.1) is 30.1 Å². The summed E-state index contributed by atoms with van der Waals surface area (Å²) in [6.07, 6.45) is 1.50. The fourth-order valence-electron chi connectivity index (χ4n) is 2.32. The number of hydrogen-bond acceptors (Lipinski definition) is 6. The summed E-state index contributed by atoms with van der Waals surface area (Å²) in [6, 6.07) is 10.2. The minimum atomic E-state index is -3.40. The Balaban J connectivity index is 1.76. The van der Waals surface area contributed by atoms with Crippen LogP contribution in [-0.2, 0) is 27.9 Å². The van der Waals surface area contributed by atoms with Gasteiger partial charge in [-0.15, -0.1) is 0 Å². The second-order valence-electron chi connectivity index (χ2n) is 5.51. The first kappa shape index (κ1) is 16.5. The highest BCUT2D eigenvalue weighted by Crippen LogP contribution is 2.24. The molecule has 7 heteroatoms. The van der Waals surface area contributed by atoms with Crippen LogP contribution in [0.2, 0.25) is 0 Å². The molecule has 0 saturated carbocycles.